The molecule has 1 aliphatic heterocycles. The average Bonchev–Trinajstić information content (AvgIpc) is 2.62. The second-order valence-corrected chi connectivity index (χ2v) is 6.83. The summed E-state index contributed by atoms with van der Waals surface area (Å²) in [7, 11) is 0. The van der Waals surface area contributed by atoms with E-state index in [2.05, 4.69) is 26.3 Å². The molecule has 5 nitrogen and oxygen atoms in total. The van der Waals surface area contributed by atoms with Crippen molar-refractivity contribution in [1.82, 2.24) is 5.32 Å². The molecule has 0 bridgehead atoms. The number of nitrogens with one attached hydrogen (secondary N) is 1. The lowest BCUT2D eigenvalue weighted by atomic mass is 10.1. The molecule has 128 valence electrons. The zero-order valence-corrected chi connectivity index (χ0v) is 15.5. The average molecular weight is 421 g/mol. The normalized spacial score (nSPS) is 14.2. The number of hydrogen-bond acceptors (Lipinski definition) is 3. The van der Waals surface area contributed by atoms with Gasteiger partial charge in [-0.25, -0.2) is 5.01 Å². The summed E-state index contributed by atoms with van der Waals surface area (Å²) in [6, 6.07) is 14.5. The highest BCUT2D eigenvalue weighted by Gasteiger charge is 2.25. The molecule has 1 heterocycles. The van der Waals surface area contributed by atoms with Gasteiger partial charge in [0.2, 0.25) is 5.91 Å². The minimum Gasteiger partial charge on any atom is -0.347 e. The molecular formula is C18H15BrClN3O2. The molecule has 25 heavy (non-hydrogen) atoms. The summed E-state index contributed by atoms with van der Waals surface area (Å²) in [5, 5.41) is 8.92. The van der Waals surface area contributed by atoms with E-state index in [1.165, 1.54) is 5.01 Å². The number of carbonyl (C=O) groups excluding carboxylic acids is 2. The van der Waals surface area contributed by atoms with Crippen LogP contribution in [0, 0.1) is 0 Å². The van der Waals surface area contributed by atoms with Gasteiger partial charge in [0.25, 0.3) is 5.91 Å². The van der Waals surface area contributed by atoms with Gasteiger partial charge in [0.15, 0.2) is 0 Å². The highest BCUT2D eigenvalue weighted by atomic mass is 79.9. The van der Waals surface area contributed by atoms with Crippen LogP contribution in [0.3, 0.4) is 0 Å². The minimum absolute atomic E-state index is 0.134. The standard InChI is InChI=1S/C18H15BrClN3O2/c19-13-5-7-14(8-6-13)23-17(24)10-9-16(22-23)18(25)21-11-12-3-1-2-4-15(12)20/h1-8H,9-11H2,(H,21,25). The van der Waals surface area contributed by atoms with Crippen LogP contribution in [-0.4, -0.2) is 17.5 Å². The van der Waals surface area contributed by atoms with Gasteiger partial charge in [-0.2, -0.15) is 5.10 Å². The lowest BCUT2D eigenvalue weighted by Gasteiger charge is -2.23. The van der Waals surface area contributed by atoms with E-state index in [9.17, 15) is 9.59 Å². The van der Waals surface area contributed by atoms with Gasteiger partial charge >= 0.3 is 0 Å². The van der Waals surface area contributed by atoms with E-state index in [4.69, 9.17) is 11.6 Å². The Kier molecular flexibility index (Phi) is 5.50. The van der Waals surface area contributed by atoms with Gasteiger partial charge in [0.1, 0.15) is 5.71 Å². The summed E-state index contributed by atoms with van der Waals surface area (Å²) < 4.78 is 0.905. The van der Waals surface area contributed by atoms with Crippen molar-refractivity contribution < 1.29 is 9.59 Å². The summed E-state index contributed by atoms with van der Waals surface area (Å²) >= 11 is 9.44. The fourth-order valence-electron chi connectivity index (χ4n) is 2.42. The molecule has 0 radical (unpaired) electrons. The first-order chi connectivity index (χ1) is 12.0. The van der Waals surface area contributed by atoms with Crippen LogP contribution in [0.15, 0.2) is 58.1 Å². The topological polar surface area (TPSA) is 61.8 Å². The van der Waals surface area contributed by atoms with E-state index in [0.717, 1.165) is 10.0 Å². The smallest absolute Gasteiger partial charge is 0.267 e. The quantitative estimate of drug-likeness (QED) is 0.815. The lowest BCUT2D eigenvalue weighted by molar-refractivity contribution is -0.119. The second-order valence-electron chi connectivity index (χ2n) is 5.50. The maximum atomic E-state index is 12.4. The predicted octanol–water partition coefficient (Wildman–Crippen LogP) is 3.90. The molecule has 0 saturated carbocycles. The summed E-state index contributed by atoms with van der Waals surface area (Å²) in [6.45, 7) is 0.309. The lowest BCUT2D eigenvalue weighted by Crippen LogP contribution is -2.38. The molecule has 2 aromatic rings. The van der Waals surface area contributed by atoms with Crippen LogP contribution in [0.5, 0.6) is 0 Å². The van der Waals surface area contributed by atoms with E-state index >= 15 is 0 Å². The molecule has 1 N–H and O–H groups in total. The monoisotopic (exact) mass is 419 g/mol. The molecule has 2 amide bonds. The fourth-order valence-corrected chi connectivity index (χ4v) is 2.89. The van der Waals surface area contributed by atoms with E-state index in [1.54, 1.807) is 18.2 Å². The molecule has 0 saturated heterocycles. The number of hydrazone groups is 1. The summed E-state index contributed by atoms with van der Waals surface area (Å²) in [5.41, 5.74) is 1.79. The van der Waals surface area contributed by atoms with Gasteiger partial charge < -0.3 is 5.32 Å². The molecule has 0 unspecified atom stereocenters. The summed E-state index contributed by atoms with van der Waals surface area (Å²) in [4.78, 5) is 24.5. The molecule has 3 rings (SSSR count). The Morgan fingerprint density at radius 2 is 1.88 bits per heavy atom. The summed E-state index contributed by atoms with van der Waals surface area (Å²) in [5.74, 6) is -0.431. The Morgan fingerprint density at radius 1 is 1.16 bits per heavy atom. The Hall–Kier alpha value is -2.18. The van der Waals surface area contributed by atoms with E-state index in [0.29, 0.717) is 29.4 Å². The van der Waals surface area contributed by atoms with Crippen LogP contribution in [0.25, 0.3) is 0 Å². The van der Waals surface area contributed by atoms with Gasteiger partial charge in [-0.15, -0.1) is 0 Å². The SMILES string of the molecule is O=C(NCc1ccccc1Cl)C1=NN(c2ccc(Br)cc2)C(=O)CC1. The van der Waals surface area contributed by atoms with Gasteiger partial charge in [-0.05, 0) is 35.9 Å². The Morgan fingerprint density at radius 3 is 2.60 bits per heavy atom. The highest BCUT2D eigenvalue weighted by molar-refractivity contribution is 9.10. The van der Waals surface area contributed by atoms with Crippen LogP contribution in [0.4, 0.5) is 5.69 Å². The van der Waals surface area contributed by atoms with Crippen LogP contribution < -0.4 is 10.3 Å². The van der Waals surface area contributed by atoms with Crippen molar-refractivity contribution in [3.8, 4) is 0 Å². The molecule has 1 aliphatic rings. The van der Waals surface area contributed by atoms with Crippen molar-refractivity contribution in [2.24, 2.45) is 5.10 Å². The third-order valence-electron chi connectivity index (χ3n) is 3.76. The molecule has 2 aromatic carbocycles. The van der Waals surface area contributed by atoms with Crippen molar-refractivity contribution in [3.05, 3.63) is 63.6 Å². The molecule has 0 aliphatic carbocycles. The number of halogens is 2. The molecule has 0 atom stereocenters. The Labute approximate surface area is 158 Å². The number of benzene rings is 2. The zero-order valence-electron chi connectivity index (χ0n) is 13.2. The molecular weight excluding hydrogens is 406 g/mol. The Bertz CT molecular complexity index is 836. The van der Waals surface area contributed by atoms with Crippen LogP contribution in [-0.2, 0) is 16.1 Å². The highest BCUT2D eigenvalue weighted by Crippen LogP contribution is 2.22. The van der Waals surface area contributed by atoms with E-state index < -0.39 is 0 Å². The van der Waals surface area contributed by atoms with Crippen molar-refractivity contribution >= 4 is 50.7 Å². The van der Waals surface area contributed by atoms with Crippen molar-refractivity contribution in [1.29, 1.82) is 0 Å². The number of rotatable bonds is 4. The number of hydrogen-bond donors (Lipinski definition) is 1. The second kappa shape index (κ2) is 7.80. The molecule has 7 heteroatoms. The molecule has 0 spiro atoms. The van der Waals surface area contributed by atoms with Crippen LogP contribution >= 0.6 is 27.5 Å². The number of anilines is 1. The first-order valence-corrected chi connectivity index (χ1v) is 8.89. The Balaban J connectivity index is 1.73. The largest absolute Gasteiger partial charge is 0.347 e. The van der Waals surface area contributed by atoms with E-state index in [1.807, 2.05) is 30.3 Å². The maximum absolute atomic E-state index is 12.4. The first kappa shape index (κ1) is 17.6. The molecule has 0 fully saturated rings. The van der Waals surface area contributed by atoms with Gasteiger partial charge in [-0.1, -0.05) is 45.7 Å². The van der Waals surface area contributed by atoms with Crippen molar-refractivity contribution in [2.45, 2.75) is 19.4 Å². The predicted molar refractivity (Wildman–Crippen MR) is 102 cm³/mol. The van der Waals surface area contributed by atoms with Gasteiger partial charge in [0, 0.05) is 28.9 Å². The van der Waals surface area contributed by atoms with Gasteiger partial charge in [-0.3, -0.25) is 9.59 Å². The fraction of sp³-hybridized carbons (Fsp3) is 0.167. The number of carbonyl (C=O) groups is 2. The minimum atomic E-state index is -0.297. The van der Waals surface area contributed by atoms with Crippen molar-refractivity contribution in [3.63, 3.8) is 0 Å². The van der Waals surface area contributed by atoms with Gasteiger partial charge in [0.05, 0.1) is 5.69 Å². The zero-order chi connectivity index (χ0) is 17.8. The first-order valence-electron chi connectivity index (χ1n) is 7.72. The molecule has 0 aromatic heterocycles. The number of amides is 2. The number of nitrogens with zero attached hydrogens (tertiary/aromatic N) is 2. The van der Waals surface area contributed by atoms with Crippen LogP contribution in [0.1, 0.15) is 18.4 Å². The third kappa shape index (κ3) is 4.27. The summed E-state index contributed by atoms with van der Waals surface area (Å²) in [6.07, 6.45) is 0.564. The maximum Gasteiger partial charge on any atom is 0.267 e. The van der Waals surface area contributed by atoms with Crippen molar-refractivity contribution in [2.75, 3.05) is 5.01 Å². The van der Waals surface area contributed by atoms with Crippen LogP contribution in [0.2, 0.25) is 5.02 Å². The third-order valence-corrected chi connectivity index (χ3v) is 4.66. The van der Waals surface area contributed by atoms with E-state index in [-0.39, 0.29) is 18.2 Å².